The molecule has 0 heterocycles. The second kappa shape index (κ2) is 13.9. The molecule has 0 saturated heterocycles. The van der Waals surface area contributed by atoms with Crippen molar-refractivity contribution in [2.75, 3.05) is 7.11 Å². The Morgan fingerprint density at radius 2 is 1.69 bits per heavy atom. The molecule has 35 heavy (non-hydrogen) atoms. The fourth-order valence-electron chi connectivity index (χ4n) is 4.98. The Labute approximate surface area is 204 Å². The van der Waals surface area contributed by atoms with E-state index in [1.165, 1.54) is 13.2 Å². The maximum absolute atomic E-state index is 12.9. The first-order valence-electron chi connectivity index (χ1n) is 12.3. The minimum Gasteiger partial charge on any atom is -0.463 e. The van der Waals surface area contributed by atoms with Crippen molar-refractivity contribution in [1.29, 1.82) is 0 Å². The van der Waals surface area contributed by atoms with E-state index in [0.717, 1.165) is 31.4 Å². The quantitative estimate of drug-likeness (QED) is 0.200. The Bertz CT molecular complexity index is 813. The van der Waals surface area contributed by atoms with Crippen LogP contribution in [0.3, 0.4) is 0 Å². The van der Waals surface area contributed by atoms with Crippen molar-refractivity contribution in [3.8, 4) is 0 Å². The van der Waals surface area contributed by atoms with Crippen LogP contribution in [-0.4, -0.2) is 52.5 Å². The molecule has 0 bridgehead atoms. The molecule has 0 aromatic heterocycles. The summed E-state index contributed by atoms with van der Waals surface area (Å²) in [6.45, 7) is 0. The van der Waals surface area contributed by atoms with Gasteiger partial charge in [-0.15, -0.1) is 0 Å². The summed E-state index contributed by atoms with van der Waals surface area (Å²) < 4.78 is 43.0. The average molecular weight is 503 g/mol. The SMILES string of the molecule is COC(=O)C(=O)CCCCCCC1C(O)CC(O)C1CCC(O)CCc1cccc(C(F)(F)F)c1. The number of halogens is 3. The minimum absolute atomic E-state index is 0.0858. The minimum atomic E-state index is -4.40. The second-order valence-electron chi connectivity index (χ2n) is 9.53. The number of Topliss-reactive ketones (excluding diaryl/α,β-unsaturated/α-hetero) is 1. The van der Waals surface area contributed by atoms with Gasteiger partial charge in [-0.25, -0.2) is 4.79 Å². The fourth-order valence-corrected chi connectivity index (χ4v) is 4.98. The molecule has 2 rings (SSSR count). The molecular formula is C26H37F3O6. The number of carbonyl (C=O) groups is 2. The summed E-state index contributed by atoms with van der Waals surface area (Å²) in [6.07, 6.45) is -0.624. The summed E-state index contributed by atoms with van der Waals surface area (Å²) in [5.74, 6) is -1.59. The molecule has 1 fully saturated rings. The molecule has 9 heteroatoms. The molecule has 0 radical (unpaired) electrons. The molecular weight excluding hydrogens is 465 g/mol. The van der Waals surface area contributed by atoms with Crippen LogP contribution < -0.4 is 0 Å². The zero-order chi connectivity index (χ0) is 26.0. The number of ether oxygens (including phenoxy) is 1. The van der Waals surface area contributed by atoms with Crippen LogP contribution in [0.4, 0.5) is 13.2 Å². The highest BCUT2D eigenvalue weighted by molar-refractivity contribution is 6.33. The van der Waals surface area contributed by atoms with Crippen molar-refractivity contribution >= 4 is 11.8 Å². The van der Waals surface area contributed by atoms with Crippen molar-refractivity contribution < 1.29 is 42.8 Å². The number of hydrogen-bond acceptors (Lipinski definition) is 6. The van der Waals surface area contributed by atoms with E-state index < -0.39 is 41.8 Å². The van der Waals surface area contributed by atoms with Gasteiger partial charge in [0.1, 0.15) is 0 Å². The van der Waals surface area contributed by atoms with E-state index in [2.05, 4.69) is 4.74 Å². The Hall–Kier alpha value is -1.97. The van der Waals surface area contributed by atoms with Gasteiger partial charge >= 0.3 is 12.1 Å². The lowest BCUT2D eigenvalue weighted by atomic mass is 9.84. The topological polar surface area (TPSA) is 104 Å². The third kappa shape index (κ3) is 9.54. The lowest BCUT2D eigenvalue weighted by molar-refractivity contribution is -0.151. The molecule has 0 amide bonds. The summed E-state index contributed by atoms with van der Waals surface area (Å²) in [4.78, 5) is 22.5. The normalized spacial score (nSPS) is 23.3. The Kier molecular flexibility index (Phi) is 11.7. The summed E-state index contributed by atoms with van der Waals surface area (Å²) in [5.41, 5.74) is -0.188. The number of carbonyl (C=O) groups excluding carboxylic acids is 2. The molecule has 5 atom stereocenters. The third-order valence-electron chi connectivity index (χ3n) is 6.98. The van der Waals surface area contributed by atoms with Gasteiger partial charge in [0, 0.05) is 6.42 Å². The van der Waals surface area contributed by atoms with Crippen LogP contribution in [0, 0.1) is 11.8 Å². The van der Waals surface area contributed by atoms with Crippen molar-refractivity contribution in [2.45, 2.75) is 95.1 Å². The molecule has 3 N–H and O–H groups in total. The predicted octanol–water partition coefficient (Wildman–Crippen LogP) is 4.22. The highest BCUT2D eigenvalue weighted by Crippen LogP contribution is 2.39. The number of hydrogen-bond donors (Lipinski definition) is 3. The van der Waals surface area contributed by atoms with E-state index in [1.54, 1.807) is 6.07 Å². The third-order valence-corrected chi connectivity index (χ3v) is 6.98. The standard InChI is InChI=1S/C26H37F3O6/c1-35-25(34)22(31)10-5-3-2-4-9-20-21(24(33)16-23(20)32)14-13-19(30)12-11-17-7-6-8-18(15-17)26(27,28)29/h6-8,15,19-21,23-24,30,32-33H,2-5,9-14,16H2,1H3. The van der Waals surface area contributed by atoms with Crippen LogP contribution in [-0.2, 0) is 26.9 Å². The number of benzene rings is 1. The molecule has 5 unspecified atom stereocenters. The highest BCUT2D eigenvalue weighted by Gasteiger charge is 2.40. The van der Waals surface area contributed by atoms with E-state index >= 15 is 0 Å². The van der Waals surface area contributed by atoms with E-state index in [-0.39, 0.29) is 18.3 Å². The molecule has 1 aromatic rings. The lowest BCUT2D eigenvalue weighted by Gasteiger charge is -2.24. The first-order chi connectivity index (χ1) is 16.5. The van der Waals surface area contributed by atoms with Gasteiger partial charge in [0.2, 0.25) is 5.78 Å². The Balaban J connectivity index is 1.73. The Morgan fingerprint density at radius 1 is 1.03 bits per heavy atom. The molecule has 0 aliphatic heterocycles. The Morgan fingerprint density at radius 3 is 2.34 bits per heavy atom. The zero-order valence-corrected chi connectivity index (χ0v) is 20.2. The number of unbranched alkanes of at least 4 members (excludes halogenated alkanes) is 3. The van der Waals surface area contributed by atoms with Crippen LogP contribution in [0.25, 0.3) is 0 Å². The fraction of sp³-hybridized carbons (Fsp3) is 0.692. The summed E-state index contributed by atoms with van der Waals surface area (Å²) in [5, 5.41) is 31.2. The first-order valence-corrected chi connectivity index (χ1v) is 12.3. The summed E-state index contributed by atoms with van der Waals surface area (Å²) in [6, 6.07) is 5.10. The predicted molar refractivity (Wildman–Crippen MR) is 123 cm³/mol. The molecule has 198 valence electrons. The van der Waals surface area contributed by atoms with Gasteiger partial charge in [-0.1, -0.05) is 37.5 Å². The molecule has 1 aliphatic carbocycles. The van der Waals surface area contributed by atoms with Crippen LogP contribution in [0.2, 0.25) is 0 Å². The van der Waals surface area contributed by atoms with Gasteiger partial charge in [-0.2, -0.15) is 13.2 Å². The maximum atomic E-state index is 12.9. The number of rotatable bonds is 14. The van der Waals surface area contributed by atoms with Crippen LogP contribution in [0.15, 0.2) is 24.3 Å². The highest BCUT2D eigenvalue weighted by atomic mass is 19.4. The van der Waals surface area contributed by atoms with Crippen LogP contribution in [0.1, 0.15) is 75.3 Å². The average Bonchev–Trinajstić information content (AvgIpc) is 3.09. The first kappa shape index (κ1) is 29.3. The van der Waals surface area contributed by atoms with E-state index in [9.17, 15) is 38.1 Å². The second-order valence-corrected chi connectivity index (χ2v) is 9.53. The van der Waals surface area contributed by atoms with E-state index in [0.29, 0.717) is 50.5 Å². The van der Waals surface area contributed by atoms with Crippen molar-refractivity contribution in [3.63, 3.8) is 0 Å². The molecule has 1 saturated carbocycles. The van der Waals surface area contributed by atoms with Gasteiger partial charge in [-0.05, 0) is 68.4 Å². The molecule has 1 aromatic carbocycles. The number of alkyl halides is 3. The van der Waals surface area contributed by atoms with Gasteiger partial charge in [0.05, 0.1) is 31.0 Å². The largest absolute Gasteiger partial charge is 0.463 e. The summed E-state index contributed by atoms with van der Waals surface area (Å²) >= 11 is 0. The number of aliphatic hydroxyl groups excluding tert-OH is 3. The van der Waals surface area contributed by atoms with Gasteiger partial charge < -0.3 is 20.1 Å². The van der Waals surface area contributed by atoms with Crippen LogP contribution >= 0.6 is 0 Å². The van der Waals surface area contributed by atoms with E-state index in [4.69, 9.17) is 0 Å². The van der Waals surface area contributed by atoms with E-state index in [1.807, 2.05) is 0 Å². The smallest absolute Gasteiger partial charge is 0.416 e. The van der Waals surface area contributed by atoms with Crippen LogP contribution in [0.5, 0.6) is 0 Å². The number of methoxy groups -OCH3 is 1. The van der Waals surface area contributed by atoms with Gasteiger partial charge in [0.15, 0.2) is 0 Å². The van der Waals surface area contributed by atoms with Gasteiger partial charge in [0.25, 0.3) is 0 Å². The summed E-state index contributed by atoms with van der Waals surface area (Å²) in [7, 11) is 1.17. The lowest BCUT2D eigenvalue weighted by Crippen LogP contribution is -2.24. The van der Waals surface area contributed by atoms with Crippen molar-refractivity contribution in [1.82, 2.24) is 0 Å². The van der Waals surface area contributed by atoms with Gasteiger partial charge in [-0.3, -0.25) is 4.79 Å². The number of aliphatic hydroxyl groups is 3. The number of aryl methyl sites for hydroxylation is 1. The monoisotopic (exact) mass is 502 g/mol. The number of esters is 1. The van der Waals surface area contributed by atoms with Crippen molar-refractivity contribution in [3.05, 3.63) is 35.4 Å². The molecule has 0 spiro atoms. The molecule has 6 nitrogen and oxygen atoms in total. The maximum Gasteiger partial charge on any atom is 0.416 e. The molecule has 1 aliphatic rings. The van der Waals surface area contributed by atoms with Crippen molar-refractivity contribution in [2.24, 2.45) is 11.8 Å². The number of ketones is 1. The zero-order valence-electron chi connectivity index (χ0n) is 20.2.